The summed E-state index contributed by atoms with van der Waals surface area (Å²) in [6, 6.07) is 12.3. The summed E-state index contributed by atoms with van der Waals surface area (Å²) in [6.07, 6.45) is 6.81. The number of hydrogen-bond acceptors (Lipinski definition) is 2. The molecule has 0 saturated heterocycles. The first-order valence-corrected chi connectivity index (χ1v) is 7.20. The third-order valence-electron chi connectivity index (χ3n) is 4.48. The van der Waals surface area contributed by atoms with Crippen LogP contribution in [0.4, 0.5) is 0 Å². The molecule has 98 valence electrons. The maximum Gasteiger partial charge on any atom is 0.0572 e. The quantitative estimate of drug-likeness (QED) is 0.880. The van der Waals surface area contributed by atoms with Crippen LogP contribution in [-0.2, 0) is 4.74 Å². The van der Waals surface area contributed by atoms with Crippen LogP contribution >= 0.6 is 0 Å². The van der Waals surface area contributed by atoms with E-state index < -0.39 is 0 Å². The predicted octanol–water partition coefficient (Wildman–Crippen LogP) is 3.09. The third kappa shape index (κ3) is 2.76. The van der Waals surface area contributed by atoms with Crippen molar-refractivity contribution in [3.8, 4) is 0 Å². The van der Waals surface area contributed by atoms with Gasteiger partial charge in [0.2, 0.25) is 0 Å². The highest BCUT2D eigenvalue weighted by Gasteiger charge is 2.39. The molecule has 0 spiro atoms. The van der Waals surface area contributed by atoms with Gasteiger partial charge in [-0.05, 0) is 37.7 Å². The van der Waals surface area contributed by atoms with E-state index in [1.54, 1.807) is 0 Å². The predicted molar refractivity (Wildman–Crippen MR) is 73.8 cm³/mol. The van der Waals surface area contributed by atoms with Gasteiger partial charge < -0.3 is 10.1 Å². The van der Waals surface area contributed by atoms with Gasteiger partial charge in [0.05, 0.1) is 6.10 Å². The second kappa shape index (κ2) is 5.41. The molecule has 2 atom stereocenters. The van der Waals surface area contributed by atoms with E-state index in [0.29, 0.717) is 6.10 Å². The van der Waals surface area contributed by atoms with Crippen LogP contribution in [0.2, 0.25) is 0 Å². The first-order chi connectivity index (χ1) is 8.86. The van der Waals surface area contributed by atoms with Gasteiger partial charge in [0.1, 0.15) is 0 Å². The molecule has 2 nitrogen and oxygen atoms in total. The number of hydrogen-bond donors (Lipinski definition) is 1. The Balaban J connectivity index is 1.46. The molecular formula is C16H23NO. The molecule has 1 N–H and O–H groups in total. The average Bonchev–Trinajstić information content (AvgIpc) is 3.20. The highest BCUT2D eigenvalue weighted by atomic mass is 16.5. The second-order valence-corrected chi connectivity index (χ2v) is 5.74. The minimum absolute atomic E-state index is 0.507. The van der Waals surface area contributed by atoms with E-state index in [2.05, 4.69) is 35.6 Å². The number of ether oxygens (including phenoxy) is 1. The lowest BCUT2D eigenvalue weighted by Gasteiger charge is -2.28. The average molecular weight is 245 g/mol. The Labute approximate surface area is 110 Å². The Morgan fingerprint density at radius 3 is 2.44 bits per heavy atom. The molecular weight excluding hydrogens is 222 g/mol. The van der Waals surface area contributed by atoms with Crippen molar-refractivity contribution < 1.29 is 4.74 Å². The van der Waals surface area contributed by atoms with Gasteiger partial charge >= 0.3 is 0 Å². The molecule has 2 aliphatic carbocycles. The molecule has 0 amide bonds. The largest absolute Gasteiger partial charge is 0.381 e. The first kappa shape index (κ1) is 12.2. The van der Waals surface area contributed by atoms with Gasteiger partial charge in [-0.15, -0.1) is 0 Å². The van der Waals surface area contributed by atoms with Gasteiger partial charge in [-0.3, -0.25) is 0 Å². The van der Waals surface area contributed by atoms with Crippen molar-refractivity contribution in [1.82, 2.24) is 5.32 Å². The molecule has 2 heteroatoms. The van der Waals surface area contributed by atoms with E-state index >= 15 is 0 Å². The van der Waals surface area contributed by atoms with Crippen LogP contribution in [0.3, 0.4) is 0 Å². The lowest BCUT2D eigenvalue weighted by molar-refractivity contribution is 0.0623. The van der Waals surface area contributed by atoms with Crippen LogP contribution in [0, 0.1) is 0 Å². The van der Waals surface area contributed by atoms with Crippen LogP contribution in [0.25, 0.3) is 0 Å². The Kier molecular flexibility index (Phi) is 3.67. The monoisotopic (exact) mass is 245 g/mol. The van der Waals surface area contributed by atoms with Crippen molar-refractivity contribution in [1.29, 1.82) is 0 Å². The van der Waals surface area contributed by atoms with E-state index in [9.17, 15) is 0 Å². The van der Waals surface area contributed by atoms with E-state index in [4.69, 9.17) is 4.74 Å². The van der Waals surface area contributed by atoms with Gasteiger partial charge in [-0.25, -0.2) is 0 Å². The summed E-state index contributed by atoms with van der Waals surface area (Å²) in [5, 5.41) is 3.83. The zero-order chi connectivity index (χ0) is 12.4. The minimum atomic E-state index is 0.507. The van der Waals surface area contributed by atoms with Crippen LogP contribution < -0.4 is 5.32 Å². The van der Waals surface area contributed by atoms with E-state index in [1.807, 2.05) is 7.11 Å². The molecule has 1 aromatic carbocycles. The summed E-state index contributed by atoms with van der Waals surface area (Å²) >= 11 is 0. The van der Waals surface area contributed by atoms with Gasteiger partial charge in [0.15, 0.2) is 0 Å². The molecule has 2 fully saturated rings. The molecule has 3 rings (SSSR count). The summed E-state index contributed by atoms with van der Waals surface area (Å²) in [5.41, 5.74) is 1.50. The summed E-state index contributed by atoms with van der Waals surface area (Å²) in [5.74, 6) is 0.756. The third-order valence-corrected chi connectivity index (χ3v) is 4.48. The fraction of sp³-hybridized carbons (Fsp3) is 0.625. The van der Waals surface area contributed by atoms with Crippen molar-refractivity contribution >= 4 is 0 Å². The summed E-state index contributed by atoms with van der Waals surface area (Å²) in [4.78, 5) is 0. The maximum atomic E-state index is 5.42. The van der Waals surface area contributed by atoms with Crippen LogP contribution in [0.5, 0.6) is 0 Å². The molecule has 0 bridgehead atoms. The Bertz CT molecular complexity index is 370. The normalized spacial score (nSPS) is 35.4. The van der Waals surface area contributed by atoms with Crippen molar-refractivity contribution in [2.45, 2.75) is 56.2 Å². The molecule has 2 saturated carbocycles. The maximum absolute atomic E-state index is 5.42. The second-order valence-electron chi connectivity index (χ2n) is 5.74. The van der Waals surface area contributed by atoms with Gasteiger partial charge in [-0.2, -0.15) is 0 Å². The van der Waals surface area contributed by atoms with Crippen LogP contribution in [0.15, 0.2) is 30.3 Å². The first-order valence-electron chi connectivity index (χ1n) is 7.20. The highest BCUT2D eigenvalue weighted by Crippen LogP contribution is 2.41. The number of benzene rings is 1. The smallest absolute Gasteiger partial charge is 0.0572 e. The SMILES string of the molecule is COC1CCC(NC2CC2c2ccccc2)CC1. The molecule has 2 aliphatic rings. The van der Waals surface area contributed by atoms with Crippen molar-refractivity contribution in [2.75, 3.05) is 7.11 Å². The molecule has 0 radical (unpaired) electrons. The van der Waals surface area contributed by atoms with E-state index in [0.717, 1.165) is 18.0 Å². The Hall–Kier alpha value is -0.860. The van der Waals surface area contributed by atoms with Crippen molar-refractivity contribution in [2.24, 2.45) is 0 Å². The summed E-state index contributed by atoms with van der Waals surface area (Å²) < 4.78 is 5.42. The van der Waals surface area contributed by atoms with Crippen LogP contribution in [0.1, 0.15) is 43.6 Å². The topological polar surface area (TPSA) is 21.3 Å². The molecule has 18 heavy (non-hydrogen) atoms. The van der Waals surface area contributed by atoms with Gasteiger partial charge in [0, 0.05) is 25.1 Å². The minimum Gasteiger partial charge on any atom is -0.381 e. The molecule has 0 aromatic heterocycles. The highest BCUT2D eigenvalue weighted by molar-refractivity contribution is 5.27. The van der Waals surface area contributed by atoms with Crippen molar-refractivity contribution in [3.05, 3.63) is 35.9 Å². The van der Waals surface area contributed by atoms with E-state index in [1.165, 1.54) is 37.7 Å². The lowest BCUT2D eigenvalue weighted by atomic mass is 9.93. The van der Waals surface area contributed by atoms with Gasteiger partial charge in [-0.1, -0.05) is 30.3 Å². The summed E-state index contributed by atoms with van der Waals surface area (Å²) in [7, 11) is 1.84. The fourth-order valence-electron chi connectivity index (χ4n) is 3.22. The standard InChI is InChI=1S/C16H23NO/c1-18-14-9-7-13(8-10-14)17-16-11-15(16)12-5-3-2-4-6-12/h2-6,13-17H,7-11H2,1H3. The Morgan fingerprint density at radius 2 is 1.78 bits per heavy atom. The van der Waals surface area contributed by atoms with E-state index in [-0.39, 0.29) is 0 Å². The molecule has 0 aliphatic heterocycles. The van der Waals surface area contributed by atoms with Crippen molar-refractivity contribution in [3.63, 3.8) is 0 Å². The molecule has 0 heterocycles. The lowest BCUT2D eigenvalue weighted by Crippen LogP contribution is -2.36. The molecule has 2 unspecified atom stereocenters. The summed E-state index contributed by atoms with van der Waals surface area (Å²) in [6.45, 7) is 0. The number of nitrogens with one attached hydrogen (secondary N) is 1. The number of methoxy groups -OCH3 is 1. The Morgan fingerprint density at radius 1 is 1.06 bits per heavy atom. The zero-order valence-electron chi connectivity index (χ0n) is 11.1. The molecule has 1 aromatic rings. The van der Waals surface area contributed by atoms with Crippen LogP contribution in [-0.4, -0.2) is 25.3 Å². The van der Waals surface area contributed by atoms with Gasteiger partial charge in [0.25, 0.3) is 0 Å². The number of rotatable bonds is 4. The fourth-order valence-corrected chi connectivity index (χ4v) is 3.22. The zero-order valence-corrected chi connectivity index (χ0v) is 11.1.